The van der Waals surface area contributed by atoms with E-state index in [0.717, 1.165) is 18.6 Å². The second-order valence-corrected chi connectivity index (χ2v) is 6.63. The van der Waals surface area contributed by atoms with E-state index in [1.165, 1.54) is 51.5 Å². The summed E-state index contributed by atoms with van der Waals surface area (Å²) in [5.74, 6) is 11.9. The number of para-hydroxylation sites is 1. The van der Waals surface area contributed by atoms with Gasteiger partial charge >= 0.3 is 5.97 Å². The smallest absolute Gasteiger partial charge is 0.304 e. The van der Waals surface area contributed by atoms with Crippen LogP contribution in [0.4, 0.5) is 0 Å². The third kappa shape index (κ3) is 11.9. The summed E-state index contributed by atoms with van der Waals surface area (Å²) in [5, 5.41) is 0. The number of carbonyl (C=O) groups is 1. The minimum absolute atomic E-state index is 0.205. The fourth-order valence-electron chi connectivity index (χ4n) is 2.65. The van der Waals surface area contributed by atoms with Gasteiger partial charge in [0, 0.05) is 6.92 Å². The first kappa shape index (κ1) is 23.4. The van der Waals surface area contributed by atoms with Gasteiger partial charge in [-0.05, 0) is 54.7 Å². The van der Waals surface area contributed by atoms with Gasteiger partial charge in [0.25, 0.3) is 0 Å². The molecule has 1 aromatic carbocycles. The summed E-state index contributed by atoms with van der Waals surface area (Å²) in [6, 6.07) is 9.71. The summed E-state index contributed by atoms with van der Waals surface area (Å²) >= 11 is 0. The Balaban J connectivity index is 2.59. The van der Waals surface area contributed by atoms with Crippen LogP contribution in [-0.2, 0) is 9.53 Å². The summed E-state index contributed by atoms with van der Waals surface area (Å²) in [4.78, 5) is 11.0. The van der Waals surface area contributed by atoms with Gasteiger partial charge in [0.2, 0.25) is 0 Å². The van der Waals surface area contributed by atoms with Crippen LogP contribution >= 0.6 is 0 Å². The lowest BCUT2D eigenvalue weighted by Crippen LogP contribution is -2.14. The highest BCUT2D eigenvalue weighted by molar-refractivity contribution is 5.66. The van der Waals surface area contributed by atoms with Crippen molar-refractivity contribution < 1.29 is 14.3 Å². The van der Waals surface area contributed by atoms with Crippen molar-refractivity contribution in [2.75, 3.05) is 0 Å². The molecule has 0 spiro atoms. The molecule has 0 aliphatic heterocycles. The first-order valence-corrected chi connectivity index (χ1v) is 10.2. The molecule has 1 rings (SSSR count). The molecule has 0 fully saturated rings. The van der Waals surface area contributed by atoms with Crippen molar-refractivity contribution in [2.24, 2.45) is 0 Å². The largest absolute Gasteiger partial charge is 0.478 e. The molecule has 3 nitrogen and oxygen atoms in total. The quantitative estimate of drug-likeness (QED) is 0.202. The normalized spacial score (nSPS) is 11.8. The van der Waals surface area contributed by atoms with Gasteiger partial charge in [-0.1, -0.05) is 70.2 Å². The van der Waals surface area contributed by atoms with E-state index in [4.69, 9.17) is 9.47 Å². The Hall–Kier alpha value is -2.65. The molecule has 150 valence electrons. The molecule has 0 N–H and O–H groups in total. The zero-order chi connectivity index (χ0) is 20.5. The number of benzene rings is 1. The molecule has 3 heteroatoms. The molecule has 28 heavy (non-hydrogen) atoms. The minimum atomic E-state index is -0.636. The van der Waals surface area contributed by atoms with Crippen LogP contribution in [0.3, 0.4) is 0 Å². The predicted octanol–water partition coefficient (Wildman–Crippen LogP) is 5.70. The Morgan fingerprint density at radius 2 is 1.68 bits per heavy atom. The van der Waals surface area contributed by atoms with E-state index in [-0.39, 0.29) is 6.10 Å². The zero-order valence-electron chi connectivity index (χ0n) is 17.2. The lowest BCUT2D eigenvalue weighted by molar-refractivity contribution is -0.142. The molecule has 0 aliphatic rings. The predicted molar refractivity (Wildman–Crippen MR) is 115 cm³/mol. The summed E-state index contributed by atoms with van der Waals surface area (Å²) in [5.41, 5.74) is 0. The molecule has 0 saturated carbocycles. The van der Waals surface area contributed by atoms with Gasteiger partial charge in [-0.2, -0.15) is 0 Å². The van der Waals surface area contributed by atoms with Crippen molar-refractivity contribution in [1.29, 1.82) is 0 Å². The van der Waals surface area contributed by atoms with Crippen molar-refractivity contribution in [2.45, 2.75) is 77.4 Å². The number of hydrogen-bond acceptors (Lipinski definition) is 3. The van der Waals surface area contributed by atoms with Gasteiger partial charge in [-0.15, -0.1) is 0 Å². The van der Waals surface area contributed by atoms with Crippen molar-refractivity contribution in [3.63, 3.8) is 0 Å². The Morgan fingerprint density at radius 3 is 2.32 bits per heavy atom. The molecular weight excluding hydrogens is 348 g/mol. The molecule has 0 saturated heterocycles. The summed E-state index contributed by atoms with van der Waals surface area (Å²) in [6.07, 6.45) is 10.2. The summed E-state index contributed by atoms with van der Waals surface area (Å²) in [6.45, 7) is 7.18. The number of carbonyl (C=O) groups excluding carboxylic acids is 1. The molecule has 2 atom stereocenters. The van der Waals surface area contributed by atoms with E-state index in [2.05, 4.69) is 37.2 Å². The Morgan fingerprint density at radius 1 is 1.04 bits per heavy atom. The number of esters is 1. The highest BCUT2D eigenvalue weighted by Gasteiger charge is 2.07. The highest BCUT2D eigenvalue weighted by atomic mass is 16.5. The first-order chi connectivity index (χ1) is 13.7. The van der Waals surface area contributed by atoms with Gasteiger partial charge in [0.1, 0.15) is 5.75 Å². The van der Waals surface area contributed by atoms with Crippen molar-refractivity contribution >= 4 is 5.97 Å². The van der Waals surface area contributed by atoms with Crippen LogP contribution < -0.4 is 4.74 Å². The number of rotatable bonds is 12. The second-order valence-electron chi connectivity index (χ2n) is 6.63. The van der Waals surface area contributed by atoms with Crippen molar-refractivity contribution in [3.05, 3.63) is 43.0 Å². The van der Waals surface area contributed by atoms with Crippen LogP contribution in [0.1, 0.15) is 65.2 Å². The van der Waals surface area contributed by atoms with Crippen molar-refractivity contribution in [1.82, 2.24) is 0 Å². The number of ether oxygens (including phenoxy) is 2. The van der Waals surface area contributed by atoms with Crippen LogP contribution in [0.25, 0.3) is 0 Å². The average molecular weight is 381 g/mol. The Labute approximate surface area is 170 Å². The molecule has 0 amide bonds. The Bertz CT molecular complexity index is 685. The van der Waals surface area contributed by atoms with Gasteiger partial charge in [-0.25, -0.2) is 0 Å². The third-order valence-electron chi connectivity index (χ3n) is 4.11. The SMILES string of the molecule is C=CC(C#CC#CC(CCCCCCCCC)Oc1ccccc1)OC(C)=O. The van der Waals surface area contributed by atoms with Crippen LogP contribution in [-0.4, -0.2) is 18.2 Å². The van der Waals surface area contributed by atoms with Gasteiger partial charge < -0.3 is 9.47 Å². The molecule has 0 bridgehead atoms. The maximum atomic E-state index is 11.0. The molecule has 0 aromatic heterocycles. The molecule has 2 unspecified atom stereocenters. The van der Waals surface area contributed by atoms with E-state index >= 15 is 0 Å². The average Bonchev–Trinajstić information content (AvgIpc) is 2.69. The summed E-state index contributed by atoms with van der Waals surface area (Å²) in [7, 11) is 0. The van der Waals surface area contributed by atoms with E-state index < -0.39 is 12.1 Å². The van der Waals surface area contributed by atoms with Crippen LogP contribution in [0.5, 0.6) is 5.75 Å². The lowest BCUT2D eigenvalue weighted by Gasteiger charge is -2.13. The monoisotopic (exact) mass is 380 g/mol. The number of unbranched alkanes of at least 4 members (excludes halogenated alkanes) is 6. The van der Waals surface area contributed by atoms with Gasteiger partial charge in [-0.3, -0.25) is 4.79 Å². The third-order valence-corrected chi connectivity index (χ3v) is 4.11. The highest BCUT2D eigenvalue weighted by Crippen LogP contribution is 2.15. The molecular formula is C25H32O3. The number of hydrogen-bond donors (Lipinski definition) is 0. The molecule has 1 aromatic rings. The van der Waals surface area contributed by atoms with Gasteiger partial charge in [0.15, 0.2) is 12.2 Å². The maximum Gasteiger partial charge on any atom is 0.304 e. The van der Waals surface area contributed by atoms with Gasteiger partial charge in [0.05, 0.1) is 0 Å². The first-order valence-electron chi connectivity index (χ1n) is 10.2. The lowest BCUT2D eigenvalue weighted by atomic mass is 10.1. The maximum absolute atomic E-state index is 11.0. The molecule has 0 radical (unpaired) electrons. The standard InChI is InChI=1S/C25H32O3/c1-4-6-7-8-9-10-12-18-25(28-24-19-13-11-14-20-24)21-16-15-17-23(5-2)27-22(3)26/h5,11,13-14,19-20,23,25H,2,4,6-10,12,18H2,1,3H3. The fraction of sp³-hybridized carbons (Fsp3) is 0.480. The van der Waals surface area contributed by atoms with E-state index in [9.17, 15) is 4.79 Å². The summed E-state index contributed by atoms with van der Waals surface area (Å²) < 4.78 is 11.0. The molecule has 0 aliphatic carbocycles. The Kier molecular flexibility index (Phi) is 12.9. The molecule has 0 heterocycles. The topological polar surface area (TPSA) is 35.5 Å². The second kappa shape index (κ2) is 15.4. The van der Waals surface area contributed by atoms with Crippen molar-refractivity contribution in [3.8, 4) is 29.4 Å². The fourth-order valence-corrected chi connectivity index (χ4v) is 2.65. The van der Waals surface area contributed by atoms with Crippen LogP contribution in [0.15, 0.2) is 43.0 Å². The van der Waals surface area contributed by atoms with E-state index in [1.54, 1.807) is 0 Å². The van der Waals surface area contributed by atoms with Crippen LogP contribution in [0.2, 0.25) is 0 Å². The minimum Gasteiger partial charge on any atom is -0.478 e. The van der Waals surface area contributed by atoms with E-state index in [0.29, 0.717) is 0 Å². The van der Waals surface area contributed by atoms with E-state index in [1.807, 2.05) is 30.3 Å². The van der Waals surface area contributed by atoms with Crippen LogP contribution in [0, 0.1) is 23.7 Å². The zero-order valence-corrected chi connectivity index (χ0v) is 17.2.